The number of piperidine rings is 1. The minimum atomic E-state index is 0.271. The minimum absolute atomic E-state index is 0.271. The van der Waals surface area contributed by atoms with Crippen molar-refractivity contribution >= 4 is 28.6 Å². The zero-order valence-corrected chi connectivity index (χ0v) is 12.6. The van der Waals surface area contributed by atoms with Gasteiger partial charge in [0.05, 0.1) is 5.75 Å². The molecule has 0 radical (unpaired) electrons. The Labute approximate surface area is 123 Å². The number of benzene rings is 1. The highest BCUT2D eigenvalue weighted by Crippen LogP contribution is 2.28. The number of likely N-dealkylation sites (tertiary alicyclic amines) is 1. The zero-order chi connectivity index (χ0) is 13.9. The Balaban J connectivity index is 1.60. The SMILES string of the molecule is CC1CCN(C(=O)CSc2c[nH]c3ccccc23)CC1. The molecule has 1 aromatic heterocycles. The van der Waals surface area contributed by atoms with Crippen LogP contribution >= 0.6 is 11.8 Å². The summed E-state index contributed by atoms with van der Waals surface area (Å²) >= 11 is 1.64. The summed E-state index contributed by atoms with van der Waals surface area (Å²) in [5.74, 6) is 1.57. The van der Waals surface area contributed by atoms with Gasteiger partial charge in [0.2, 0.25) is 5.91 Å². The summed E-state index contributed by atoms with van der Waals surface area (Å²) in [6, 6.07) is 8.22. The first-order chi connectivity index (χ1) is 9.74. The van der Waals surface area contributed by atoms with Crippen LogP contribution in [0, 0.1) is 5.92 Å². The lowest BCUT2D eigenvalue weighted by Crippen LogP contribution is -2.38. The monoisotopic (exact) mass is 288 g/mol. The molecule has 1 saturated heterocycles. The molecule has 106 valence electrons. The maximum Gasteiger partial charge on any atom is 0.232 e. The van der Waals surface area contributed by atoms with E-state index in [1.165, 1.54) is 10.3 Å². The Morgan fingerprint density at radius 1 is 1.35 bits per heavy atom. The third-order valence-corrected chi connectivity index (χ3v) is 5.08. The average molecular weight is 288 g/mol. The third kappa shape index (κ3) is 2.85. The second-order valence-corrected chi connectivity index (χ2v) is 6.57. The smallest absolute Gasteiger partial charge is 0.232 e. The van der Waals surface area contributed by atoms with Crippen LogP contribution < -0.4 is 0 Å². The van der Waals surface area contributed by atoms with E-state index in [1.807, 2.05) is 23.2 Å². The van der Waals surface area contributed by atoms with Gasteiger partial charge in [-0.05, 0) is 24.8 Å². The molecule has 1 fully saturated rings. The van der Waals surface area contributed by atoms with Gasteiger partial charge in [-0.25, -0.2) is 0 Å². The van der Waals surface area contributed by atoms with Gasteiger partial charge >= 0.3 is 0 Å². The lowest BCUT2D eigenvalue weighted by molar-refractivity contribution is -0.129. The highest BCUT2D eigenvalue weighted by Gasteiger charge is 2.20. The number of H-pyrrole nitrogens is 1. The van der Waals surface area contributed by atoms with Crippen LogP contribution in [0.5, 0.6) is 0 Å². The van der Waals surface area contributed by atoms with Gasteiger partial charge in [-0.2, -0.15) is 0 Å². The number of nitrogens with zero attached hydrogens (tertiary/aromatic N) is 1. The van der Waals surface area contributed by atoms with E-state index < -0.39 is 0 Å². The number of hydrogen-bond donors (Lipinski definition) is 1. The molecule has 2 heterocycles. The van der Waals surface area contributed by atoms with Crippen molar-refractivity contribution in [2.45, 2.75) is 24.7 Å². The standard InChI is InChI=1S/C16H20N2OS/c1-12-6-8-18(9-7-12)16(19)11-20-15-10-17-14-5-3-2-4-13(14)15/h2-5,10,12,17H,6-9,11H2,1H3. The number of thioether (sulfide) groups is 1. The Bertz CT molecular complexity index is 599. The van der Waals surface area contributed by atoms with E-state index in [0.29, 0.717) is 5.75 Å². The molecule has 0 saturated carbocycles. The Kier molecular flexibility index (Phi) is 4.01. The Morgan fingerprint density at radius 3 is 2.90 bits per heavy atom. The number of rotatable bonds is 3. The van der Waals surface area contributed by atoms with Crippen LogP contribution in [0.2, 0.25) is 0 Å². The summed E-state index contributed by atoms with van der Waals surface area (Å²) in [5, 5.41) is 1.21. The molecule has 2 aromatic rings. The molecule has 0 unspecified atom stereocenters. The molecule has 1 N–H and O–H groups in total. The van der Waals surface area contributed by atoms with Crippen molar-refractivity contribution in [1.82, 2.24) is 9.88 Å². The van der Waals surface area contributed by atoms with Crippen molar-refractivity contribution in [3.8, 4) is 0 Å². The van der Waals surface area contributed by atoms with Gasteiger partial charge < -0.3 is 9.88 Å². The normalized spacial score (nSPS) is 16.8. The summed E-state index contributed by atoms with van der Waals surface area (Å²) in [6.45, 7) is 4.12. The molecule has 1 aliphatic rings. The fraction of sp³-hybridized carbons (Fsp3) is 0.438. The Hall–Kier alpha value is -1.42. The highest BCUT2D eigenvalue weighted by molar-refractivity contribution is 8.00. The first-order valence-electron chi connectivity index (χ1n) is 7.21. The van der Waals surface area contributed by atoms with Gasteiger partial charge in [0.15, 0.2) is 0 Å². The van der Waals surface area contributed by atoms with Crippen LogP contribution in [0.15, 0.2) is 35.4 Å². The Morgan fingerprint density at radius 2 is 2.10 bits per heavy atom. The first-order valence-corrected chi connectivity index (χ1v) is 8.19. The number of aromatic amines is 1. The van der Waals surface area contributed by atoms with Crippen LogP contribution in [-0.4, -0.2) is 34.6 Å². The summed E-state index contributed by atoms with van der Waals surface area (Å²) in [7, 11) is 0. The summed E-state index contributed by atoms with van der Waals surface area (Å²) in [6.07, 6.45) is 4.29. The molecule has 0 spiro atoms. The molecular weight excluding hydrogens is 268 g/mol. The number of carbonyl (C=O) groups is 1. The van der Waals surface area contributed by atoms with Gasteiger partial charge in [0, 0.05) is 35.1 Å². The molecule has 0 atom stereocenters. The number of nitrogens with one attached hydrogen (secondary N) is 1. The summed E-state index contributed by atoms with van der Waals surface area (Å²) < 4.78 is 0. The molecular formula is C16H20N2OS. The number of aromatic nitrogens is 1. The third-order valence-electron chi connectivity index (χ3n) is 4.04. The topological polar surface area (TPSA) is 36.1 Å². The largest absolute Gasteiger partial charge is 0.360 e. The number of hydrogen-bond acceptors (Lipinski definition) is 2. The maximum absolute atomic E-state index is 12.2. The van der Waals surface area contributed by atoms with E-state index in [2.05, 4.69) is 24.0 Å². The quantitative estimate of drug-likeness (QED) is 0.877. The summed E-state index contributed by atoms with van der Waals surface area (Å²) in [5.41, 5.74) is 1.13. The predicted octanol–water partition coefficient (Wildman–Crippen LogP) is 3.52. The van der Waals surface area contributed by atoms with E-state index in [4.69, 9.17) is 0 Å². The first kappa shape index (κ1) is 13.6. The second kappa shape index (κ2) is 5.92. The zero-order valence-electron chi connectivity index (χ0n) is 11.8. The molecule has 3 rings (SSSR count). The van der Waals surface area contributed by atoms with Crippen molar-refractivity contribution in [2.75, 3.05) is 18.8 Å². The van der Waals surface area contributed by atoms with E-state index in [1.54, 1.807) is 11.8 Å². The van der Waals surface area contributed by atoms with Crippen molar-refractivity contribution in [3.05, 3.63) is 30.5 Å². The van der Waals surface area contributed by atoms with Gasteiger partial charge in [-0.1, -0.05) is 25.1 Å². The number of para-hydroxylation sites is 1. The van der Waals surface area contributed by atoms with Crippen LogP contribution in [0.1, 0.15) is 19.8 Å². The van der Waals surface area contributed by atoms with Crippen molar-refractivity contribution in [2.24, 2.45) is 5.92 Å². The van der Waals surface area contributed by atoms with E-state index in [9.17, 15) is 4.79 Å². The molecule has 0 bridgehead atoms. The number of carbonyl (C=O) groups excluding carboxylic acids is 1. The maximum atomic E-state index is 12.2. The van der Waals surface area contributed by atoms with Crippen molar-refractivity contribution in [1.29, 1.82) is 0 Å². The molecule has 4 heteroatoms. The van der Waals surface area contributed by atoms with Crippen LogP contribution in [0.4, 0.5) is 0 Å². The lowest BCUT2D eigenvalue weighted by atomic mass is 9.99. The summed E-state index contributed by atoms with van der Waals surface area (Å²) in [4.78, 5) is 18.7. The van der Waals surface area contributed by atoms with Gasteiger partial charge in [-0.15, -0.1) is 11.8 Å². The molecule has 1 aromatic carbocycles. The van der Waals surface area contributed by atoms with E-state index in [-0.39, 0.29) is 5.91 Å². The van der Waals surface area contributed by atoms with Crippen molar-refractivity contribution < 1.29 is 4.79 Å². The average Bonchev–Trinajstić information content (AvgIpc) is 2.89. The second-order valence-electron chi connectivity index (χ2n) is 5.55. The van der Waals surface area contributed by atoms with Crippen LogP contribution in [-0.2, 0) is 4.79 Å². The van der Waals surface area contributed by atoms with Crippen LogP contribution in [0.25, 0.3) is 10.9 Å². The number of amides is 1. The van der Waals surface area contributed by atoms with E-state index in [0.717, 1.165) is 37.4 Å². The highest BCUT2D eigenvalue weighted by atomic mass is 32.2. The fourth-order valence-corrected chi connectivity index (χ4v) is 3.59. The van der Waals surface area contributed by atoms with Gasteiger partial charge in [0.1, 0.15) is 0 Å². The van der Waals surface area contributed by atoms with Gasteiger partial charge in [0.25, 0.3) is 0 Å². The molecule has 3 nitrogen and oxygen atoms in total. The van der Waals surface area contributed by atoms with Gasteiger partial charge in [-0.3, -0.25) is 4.79 Å². The lowest BCUT2D eigenvalue weighted by Gasteiger charge is -2.30. The molecule has 20 heavy (non-hydrogen) atoms. The van der Waals surface area contributed by atoms with E-state index >= 15 is 0 Å². The van der Waals surface area contributed by atoms with Crippen LogP contribution in [0.3, 0.4) is 0 Å². The molecule has 1 aliphatic heterocycles. The predicted molar refractivity (Wildman–Crippen MR) is 84.0 cm³/mol. The molecule has 1 amide bonds. The minimum Gasteiger partial charge on any atom is -0.360 e. The number of fused-ring (bicyclic) bond motifs is 1. The van der Waals surface area contributed by atoms with Crippen molar-refractivity contribution in [3.63, 3.8) is 0 Å². The fourth-order valence-electron chi connectivity index (χ4n) is 2.65. The molecule has 0 aliphatic carbocycles.